The maximum atomic E-state index is 12.1. The van der Waals surface area contributed by atoms with Crippen LogP contribution in [0.25, 0.3) is 17.0 Å². The Morgan fingerprint density at radius 3 is 2.94 bits per heavy atom. The van der Waals surface area contributed by atoms with E-state index in [2.05, 4.69) is 41.0 Å². The van der Waals surface area contributed by atoms with Crippen LogP contribution < -0.4 is 5.56 Å². The van der Waals surface area contributed by atoms with Crippen molar-refractivity contribution in [1.82, 2.24) is 29.7 Å². The van der Waals surface area contributed by atoms with Crippen LogP contribution in [0.3, 0.4) is 0 Å². The average Bonchev–Trinajstić information content (AvgIpc) is 2.96. The van der Waals surface area contributed by atoms with Gasteiger partial charge in [0.15, 0.2) is 11.5 Å². The van der Waals surface area contributed by atoms with Gasteiger partial charge in [0.1, 0.15) is 16.3 Å². The molecule has 0 saturated heterocycles. The molecular formula is C10H9BrN6O. The lowest BCUT2D eigenvalue weighted by molar-refractivity contribution is 0.796. The second kappa shape index (κ2) is 4.05. The number of hydrogen-bond donors (Lipinski definition) is 2. The van der Waals surface area contributed by atoms with E-state index in [0.717, 1.165) is 12.1 Å². The van der Waals surface area contributed by atoms with Gasteiger partial charge in [-0.1, -0.05) is 6.92 Å². The van der Waals surface area contributed by atoms with Gasteiger partial charge in [-0.05, 0) is 22.4 Å². The monoisotopic (exact) mass is 308 g/mol. The first-order valence-electron chi connectivity index (χ1n) is 5.36. The molecule has 0 atom stereocenters. The highest BCUT2D eigenvalue weighted by molar-refractivity contribution is 9.10. The standard InChI is InChI=1S/C10H9BrN6O/c1-2-5-6(11)10(18)17(16-5)9-7-8(13-3-12-7)14-4-15-9/h3-4,16H,2H2,1H3,(H,12,13,14,15). The van der Waals surface area contributed by atoms with Gasteiger partial charge >= 0.3 is 0 Å². The first kappa shape index (κ1) is 11.1. The minimum atomic E-state index is -0.179. The van der Waals surface area contributed by atoms with Gasteiger partial charge in [0.05, 0.1) is 12.0 Å². The number of aryl methyl sites for hydroxylation is 1. The highest BCUT2D eigenvalue weighted by atomic mass is 79.9. The third-order valence-corrected chi connectivity index (χ3v) is 3.49. The summed E-state index contributed by atoms with van der Waals surface area (Å²) in [6, 6.07) is 0. The van der Waals surface area contributed by atoms with E-state index in [4.69, 9.17) is 0 Å². The molecule has 3 heterocycles. The molecule has 0 radical (unpaired) electrons. The number of fused-ring (bicyclic) bond motifs is 1. The van der Waals surface area contributed by atoms with E-state index in [-0.39, 0.29) is 5.56 Å². The Hall–Kier alpha value is -1.96. The Kier molecular flexibility index (Phi) is 2.51. The number of halogens is 1. The van der Waals surface area contributed by atoms with E-state index < -0.39 is 0 Å². The van der Waals surface area contributed by atoms with Crippen molar-refractivity contribution < 1.29 is 0 Å². The number of imidazole rings is 1. The Morgan fingerprint density at radius 1 is 1.39 bits per heavy atom. The summed E-state index contributed by atoms with van der Waals surface area (Å²) in [6.45, 7) is 1.96. The maximum absolute atomic E-state index is 12.1. The van der Waals surface area contributed by atoms with Gasteiger partial charge < -0.3 is 4.98 Å². The van der Waals surface area contributed by atoms with Gasteiger partial charge in [0.25, 0.3) is 5.56 Å². The van der Waals surface area contributed by atoms with E-state index in [0.29, 0.717) is 21.5 Å². The molecular weight excluding hydrogens is 300 g/mol. The van der Waals surface area contributed by atoms with Crippen LogP contribution in [0.1, 0.15) is 12.6 Å². The van der Waals surface area contributed by atoms with Gasteiger partial charge in [-0.3, -0.25) is 9.89 Å². The smallest absolute Gasteiger partial charge is 0.287 e. The summed E-state index contributed by atoms with van der Waals surface area (Å²) in [5.74, 6) is 0.461. The molecule has 0 unspecified atom stereocenters. The van der Waals surface area contributed by atoms with Crippen molar-refractivity contribution in [3.8, 4) is 5.82 Å². The van der Waals surface area contributed by atoms with Crippen LogP contribution in [0.2, 0.25) is 0 Å². The zero-order chi connectivity index (χ0) is 12.7. The zero-order valence-electron chi connectivity index (χ0n) is 9.44. The van der Waals surface area contributed by atoms with Gasteiger partial charge in [-0.25, -0.2) is 15.0 Å². The van der Waals surface area contributed by atoms with Gasteiger partial charge in [-0.2, -0.15) is 4.68 Å². The Balaban J connectivity index is 2.33. The van der Waals surface area contributed by atoms with Crippen molar-refractivity contribution in [2.45, 2.75) is 13.3 Å². The van der Waals surface area contributed by atoms with Crippen LogP contribution in [0, 0.1) is 0 Å². The van der Waals surface area contributed by atoms with Crippen LogP contribution in [0.4, 0.5) is 0 Å². The summed E-state index contributed by atoms with van der Waals surface area (Å²) in [5.41, 5.74) is 1.79. The Labute approximate surface area is 109 Å². The number of nitrogens with one attached hydrogen (secondary N) is 2. The SMILES string of the molecule is CCc1[nH]n(-c2ncnc3nc[nH]c23)c(=O)c1Br. The summed E-state index contributed by atoms with van der Waals surface area (Å²) < 4.78 is 1.90. The summed E-state index contributed by atoms with van der Waals surface area (Å²) in [7, 11) is 0. The molecule has 0 bridgehead atoms. The van der Waals surface area contributed by atoms with Gasteiger partial charge in [0.2, 0.25) is 0 Å². The third-order valence-electron chi connectivity index (χ3n) is 2.67. The lowest BCUT2D eigenvalue weighted by atomic mass is 10.3. The minimum absolute atomic E-state index is 0.179. The number of nitrogens with zero attached hydrogens (tertiary/aromatic N) is 4. The molecule has 92 valence electrons. The van der Waals surface area contributed by atoms with Crippen molar-refractivity contribution in [2.24, 2.45) is 0 Å². The van der Waals surface area contributed by atoms with E-state index in [1.165, 1.54) is 17.3 Å². The molecule has 8 heteroatoms. The summed E-state index contributed by atoms with van der Waals surface area (Å²) in [5, 5.41) is 3.02. The fourth-order valence-corrected chi connectivity index (χ4v) is 2.31. The van der Waals surface area contributed by atoms with Crippen LogP contribution in [0.15, 0.2) is 21.9 Å². The van der Waals surface area contributed by atoms with Crippen molar-refractivity contribution in [1.29, 1.82) is 0 Å². The molecule has 0 fully saturated rings. The van der Waals surface area contributed by atoms with Crippen molar-refractivity contribution in [3.05, 3.63) is 33.2 Å². The minimum Gasteiger partial charge on any atom is -0.340 e. The van der Waals surface area contributed by atoms with Crippen LogP contribution in [-0.4, -0.2) is 29.7 Å². The fraction of sp³-hybridized carbons (Fsp3) is 0.200. The molecule has 3 aromatic rings. The van der Waals surface area contributed by atoms with Crippen LogP contribution in [0.5, 0.6) is 0 Å². The highest BCUT2D eigenvalue weighted by Crippen LogP contribution is 2.16. The molecule has 2 N–H and O–H groups in total. The largest absolute Gasteiger partial charge is 0.340 e. The molecule has 0 spiro atoms. The molecule has 0 aliphatic heterocycles. The lowest BCUT2D eigenvalue weighted by Crippen LogP contribution is -2.16. The maximum Gasteiger partial charge on any atom is 0.287 e. The van der Waals surface area contributed by atoms with Crippen molar-refractivity contribution in [2.75, 3.05) is 0 Å². The molecule has 3 aromatic heterocycles. The summed E-state index contributed by atoms with van der Waals surface area (Å²) in [4.78, 5) is 27.2. The molecule has 0 aliphatic carbocycles. The number of aromatic amines is 2. The Morgan fingerprint density at radius 2 is 2.22 bits per heavy atom. The molecule has 18 heavy (non-hydrogen) atoms. The van der Waals surface area contributed by atoms with Gasteiger partial charge in [-0.15, -0.1) is 0 Å². The second-order valence-electron chi connectivity index (χ2n) is 3.70. The number of rotatable bonds is 2. The molecule has 0 amide bonds. The first-order valence-corrected chi connectivity index (χ1v) is 6.15. The van der Waals surface area contributed by atoms with E-state index >= 15 is 0 Å². The van der Waals surface area contributed by atoms with Crippen molar-refractivity contribution >= 4 is 27.1 Å². The lowest BCUT2D eigenvalue weighted by Gasteiger charge is -2.00. The summed E-state index contributed by atoms with van der Waals surface area (Å²) in [6.07, 6.45) is 3.62. The molecule has 0 aliphatic rings. The first-order chi connectivity index (χ1) is 8.72. The predicted octanol–water partition coefficient (Wildman–Crippen LogP) is 1.16. The Bertz CT molecular complexity index is 770. The predicted molar refractivity (Wildman–Crippen MR) is 68.7 cm³/mol. The second-order valence-corrected chi connectivity index (χ2v) is 4.49. The topological polar surface area (TPSA) is 92.2 Å². The van der Waals surface area contributed by atoms with Crippen molar-refractivity contribution in [3.63, 3.8) is 0 Å². The molecule has 3 rings (SSSR count). The van der Waals surface area contributed by atoms with E-state index in [1.807, 2.05) is 6.92 Å². The van der Waals surface area contributed by atoms with Crippen LogP contribution in [-0.2, 0) is 6.42 Å². The van der Waals surface area contributed by atoms with Gasteiger partial charge in [0, 0.05) is 0 Å². The fourth-order valence-electron chi connectivity index (χ4n) is 1.77. The molecule has 0 saturated carbocycles. The quantitative estimate of drug-likeness (QED) is 0.743. The van der Waals surface area contributed by atoms with E-state index in [9.17, 15) is 4.79 Å². The number of H-pyrrole nitrogens is 2. The highest BCUT2D eigenvalue weighted by Gasteiger charge is 2.15. The van der Waals surface area contributed by atoms with Crippen LogP contribution >= 0.6 is 15.9 Å². The molecule has 0 aromatic carbocycles. The van der Waals surface area contributed by atoms with E-state index in [1.54, 1.807) is 0 Å². The third kappa shape index (κ3) is 1.49. The number of aromatic nitrogens is 6. The average molecular weight is 309 g/mol. The summed E-state index contributed by atoms with van der Waals surface area (Å²) >= 11 is 3.28. The zero-order valence-corrected chi connectivity index (χ0v) is 11.0. The number of hydrogen-bond acceptors (Lipinski definition) is 4. The normalized spacial score (nSPS) is 11.2. The molecule has 7 nitrogen and oxygen atoms in total.